The van der Waals surface area contributed by atoms with E-state index in [2.05, 4.69) is 9.98 Å². The van der Waals surface area contributed by atoms with Crippen molar-refractivity contribution in [3.8, 4) is 11.5 Å². The number of nitrogens with zero attached hydrogens (tertiary/aromatic N) is 2. The highest BCUT2D eigenvalue weighted by Crippen LogP contribution is 2.13. The Hall–Kier alpha value is -2.62. The van der Waals surface area contributed by atoms with E-state index in [1.165, 1.54) is 0 Å². The molecule has 2 rings (SSSR count). The van der Waals surface area contributed by atoms with Crippen LogP contribution in [0.3, 0.4) is 0 Å². The lowest BCUT2D eigenvalue weighted by Gasteiger charge is -1.96. The Morgan fingerprint density at radius 1 is 0.737 bits per heavy atom. The van der Waals surface area contributed by atoms with Crippen LogP contribution >= 0.6 is 0 Å². The molecule has 0 spiro atoms. The molecule has 0 saturated heterocycles. The molecule has 0 aliphatic rings. The molecule has 0 atom stereocenters. The minimum absolute atomic E-state index is 0.191. The molecule has 0 aliphatic heterocycles. The zero-order valence-corrected chi connectivity index (χ0v) is 10.3. The maximum absolute atomic E-state index is 9.52. The fraction of sp³-hybridized carbons (Fsp3) is 0.0667. The predicted molar refractivity (Wildman–Crippen MR) is 76.3 cm³/mol. The molecule has 0 amide bonds. The number of aliphatic imine (C=N–C) groups is 2. The fourth-order valence-electron chi connectivity index (χ4n) is 1.52. The standard InChI is InChI=1S/C15H14N2O2/c18-14-7-3-1-5-12(14)9-16-11-17-10-13-6-2-4-8-15(13)19/h1-10,18-19H,11H2/b16-9+,17-10+. The first-order valence-electron chi connectivity index (χ1n) is 5.83. The minimum Gasteiger partial charge on any atom is -0.507 e. The van der Waals surface area contributed by atoms with E-state index in [1.807, 2.05) is 12.1 Å². The number of rotatable bonds is 4. The molecule has 2 aromatic rings. The molecule has 19 heavy (non-hydrogen) atoms. The van der Waals surface area contributed by atoms with Crippen LogP contribution in [0.4, 0.5) is 0 Å². The Bertz CT molecular complexity index is 553. The van der Waals surface area contributed by atoms with Crippen molar-refractivity contribution in [1.82, 2.24) is 0 Å². The van der Waals surface area contributed by atoms with Gasteiger partial charge in [-0.25, -0.2) is 0 Å². The van der Waals surface area contributed by atoms with Crippen LogP contribution in [0, 0.1) is 0 Å². The Morgan fingerprint density at radius 3 is 1.58 bits per heavy atom. The van der Waals surface area contributed by atoms with Crippen LogP contribution in [0.25, 0.3) is 0 Å². The Kier molecular flexibility index (Phi) is 4.29. The average molecular weight is 254 g/mol. The SMILES string of the molecule is Oc1ccccc1/C=N/C/N=C/c1ccccc1O. The fourth-order valence-corrected chi connectivity index (χ4v) is 1.52. The summed E-state index contributed by atoms with van der Waals surface area (Å²) in [5.74, 6) is 0.381. The summed E-state index contributed by atoms with van der Waals surface area (Å²) in [7, 11) is 0. The summed E-state index contributed by atoms with van der Waals surface area (Å²) in [6.45, 7) is 0.239. The van der Waals surface area contributed by atoms with Crippen molar-refractivity contribution >= 4 is 12.4 Å². The number of phenolic OH excluding ortho intramolecular Hbond substituents is 2. The molecule has 0 saturated carbocycles. The van der Waals surface area contributed by atoms with Crippen molar-refractivity contribution in [1.29, 1.82) is 0 Å². The molecule has 0 radical (unpaired) electrons. The van der Waals surface area contributed by atoms with Crippen LogP contribution in [0.15, 0.2) is 58.5 Å². The number of aromatic hydroxyl groups is 2. The van der Waals surface area contributed by atoms with E-state index in [1.54, 1.807) is 48.8 Å². The van der Waals surface area contributed by atoms with Crippen LogP contribution < -0.4 is 0 Å². The van der Waals surface area contributed by atoms with Gasteiger partial charge in [0.25, 0.3) is 0 Å². The van der Waals surface area contributed by atoms with Crippen molar-refractivity contribution in [2.75, 3.05) is 6.67 Å². The summed E-state index contributed by atoms with van der Waals surface area (Å²) in [5.41, 5.74) is 1.31. The summed E-state index contributed by atoms with van der Waals surface area (Å²) in [6.07, 6.45) is 3.13. The molecule has 0 bridgehead atoms. The van der Waals surface area contributed by atoms with E-state index in [-0.39, 0.29) is 18.2 Å². The lowest BCUT2D eigenvalue weighted by atomic mass is 10.2. The van der Waals surface area contributed by atoms with Gasteiger partial charge in [0.05, 0.1) is 0 Å². The van der Waals surface area contributed by atoms with Gasteiger partial charge in [0.1, 0.15) is 18.2 Å². The zero-order valence-electron chi connectivity index (χ0n) is 10.3. The highest BCUT2D eigenvalue weighted by molar-refractivity contribution is 5.84. The smallest absolute Gasteiger partial charge is 0.129 e. The summed E-state index contributed by atoms with van der Waals surface area (Å²) in [4.78, 5) is 8.17. The highest BCUT2D eigenvalue weighted by Gasteiger charge is 1.94. The lowest BCUT2D eigenvalue weighted by Crippen LogP contribution is -1.85. The molecule has 0 aliphatic carbocycles. The normalized spacial score (nSPS) is 11.4. The molecular weight excluding hydrogens is 240 g/mol. The molecule has 4 nitrogen and oxygen atoms in total. The monoisotopic (exact) mass is 254 g/mol. The number of para-hydroxylation sites is 2. The average Bonchev–Trinajstić information content (AvgIpc) is 2.42. The largest absolute Gasteiger partial charge is 0.507 e. The molecule has 0 unspecified atom stereocenters. The lowest BCUT2D eigenvalue weighted by molar-refractivity contribution is 0.474. The van der Waals surface area contributed by atoms with Crippen molar-refractivity contribution in [3.63, 3.8) is 0 Å². The van der Waals surface area contributed by atoms with Gasteiger partial charge in [-0.2, -0.15) is 0 Å². The number of benzene rings is 2. The first-order valence-corrected chi connectivity index (χ1v) is 5.83. The van der Waals surface area contributed by atoms with E-state index < -0.39 is 0 Å². The van der Waals surface area contributed by atoms with Crippen LogP contribution in [-0.4, -0.2) is 29.3 Å². The molecule has 0 heterocycles. The third kappa shape index (κ3) is 3.67. The van der Waals surface area contributed by atoms with Crippen molar-refractivity contribution in [2.24, 2.45) is 9.98 Å². The van der Waals surface area contributed by atoms with Gasteiger partial charge in [0, 0.05) is 23.6 Å². The van der Waals surface area contributed by atoms with E-state index >= 15 is 0 Å². The predicted octanol–water partition coefficient (Wildman–Crippen LogP) is 2.59. The molecule has 4 heteroatoms. The van der Waals surface area contributed by atoms with Gasteiger partial charge in [0.2, 0.25) is 0 Å². The number of phenols is 2. The van der Waals surface area contributed by atoms with Crippen LogP contribution in [0.5, 0.6) is 11.5 Å². The van der Waals surface area contributed by atoms with Gasteiger partial charge in [-0.05, 0) is 24.3 Å². The molecular formula is C15H14N2O2. The van der Waals surface area contributed by atoms with Gasteiger partial charge in [-0.15, -0.1) is 0 Å². The van der Waals surface area contributed by atoms with Gasteiger partial charge in [0.15, 0.2) is 0 Å². The van der Waals surface area contributed by atoms with E-state index in [9.17, 15) is 10.2 Å². The number of hydrogen-bond acceptors (Lipinski definition) is 4. The van der Waals surface area contributed by atoms with Crippen molar-refractivity contribution in [2.45, 2.75) is 0 Å². The summed E-state index contributed by atoms with van der Waals surface area (Å²) >= 11 is 0. The van der Waals surface area contributed by atoms with Crippen molar-refractivity contribution in [3.05, 3.63) is 59.7 Å². The van der Waals surface area contributed by atoms with Gasteiger partial charge >= 0.3 is 0 Å². The van der Waals surface area contributed by atoms with Crippen molar-refractivity contribution < 1.29 is 10.2 Å². The summed E-state index contributed by atoms with van der Waals surface area (Å²) in [6, 6.07) is 13.9. The van der Waals surface area contributed by atoms with E-state index in [0.29, 0.717) is 11.1 Å². The maximum Gasteiger partial charge on any atom is 0.129 e. The third-order valence-electron chi connectivity index (χ3n) is 2.50. The molecule has 96 valence electrons. The molecule has 0 fully saturated rings. The first kappa shape index (κ1) is 12.8. The second-order valence-corrected chi connectivity index (χ2v) is 3.88. The maximum atomic E-state index is 9.52. The topological polar surface area (TPSA) is 65.2 Å². The zero-order chi connectivity index (χ0) is 13.5. The summed E-state index contributed by atoms with van der Waals surface area (Å²) in [5, 5.41) is 19.0. The quantitative estimate of drug-likeness (QED) is 0.824. The molecule has 2 aromatic carbocycles. The Labute approximate surface area is 111 Å². The van der Waals surface area contributed by atoms with Crippen LogP contribution in [0.1, 0.15) is 11.1 Å². The summed E-state index contributed by atoms with van der Waals surface area (Å²) < 4.78 is 0. The Morgan fingerprint density at radius 2 is 1.16 bits per heavy atom. The van der Waals surface area contributed by atoms with Gasteiger partial charge < -0.3 is 10.2 Å². The van der Waals surface area contributed by atoms with E-state index in [4.69, 9.17) is 0 Å². The van der Waals surface area contributed by atoms with Crippen LogP contribution in [0.2, 0.25) is 0 Å². The highest BCUT2D eigenvalue weighted by atomic mass is 16.3. The van der Waals surface area contributed by atoms with Gasteiger partial charge in [-0.1, -0.05) is 24.3 Å². The number of hydrogen-bond donors (Lipinski definition) is 2. The van der Waals surface area contributed by atoms with Crippen LogP contribution in [-0.2, 0) is 0 Å². The van der Waals surface area contributed by atoms with Gasteiger partial charge in [-0.3, -0.25) is 9.98 Å². The minimum atomic E-state index is 0.191. The first-order chi connectivity index (χ1) is 9.27. The molecule has 2 N–H and O–H groups in total. The third-order valence-corrected chi connectivity index (χ3v) is 2.50. The Balaban J connectivity index is 1.94. The second kappa shape index (κ2) is 6.35. The van der Waals surface area contributed by atoms with E-state index in [0.717, 1.165) is 0 Å². The second-order valence-electron chi connectivity index (χ2n) is 3.88. The molecule has 0 aromatic heterocycles.